The Morgan fingerprint density at radius 2 is 0.907 bits per heavy atom. The van der Waals surface area contributed by atoms with Gasteiger partial charge in [0.1, 0.15) is 0 Å². The quantitative estimate of drug-likeness (QED) is 0.124. The lowest BCUT2D eigenvalue weighted by Gasteiger charge is -2.32. The number of unbranched alkanes of at least 4 members (excludes halogenated alkanes) is 3. The standard InChI is InChI=1S/C29H54N6O8/c1-24(2)8-5-7-11-30-25(36)9-4-3-6-10-31-26(37)20-32-12-14-33(21-27(38)39)16-18-35(23-29(42)43)19-17-34(15-13-32)22-28(40)41/h24H,3-23H2,1-2H3,(H,30,36)(H,31,37)(H,38,39)(H,40,41)(H,42,43). The molecular formula is C29H54N6O8. The van der Waals surface area contributed by atoms with E-state index >= 15 is 0 Å². The minimum Gasteiger partial charge on any atom is -0.480 e. The minimum atomic E-state index is -1.01. The number of aliphatic carboxylic acids is 3. The lowest BCUT2D eigenvalue weighted by molar-refractivity contribution is -0.140. The maximum Gasteiger partial charge on any atom is 0.317 e. The van der Waals surface area contributed by atoms with E-state index in [9.17, 15) is 39.3 Å². The van der Waals surface area contributed by atoms with Crippen LogP contribution in [0.5, 0.6) is 0 Å². The summed E-state index contributed by atoms with van der Waals surface area (Å²) in [6.07, 6.45) is 6.07. The Balaban J connectivity index is 2.54. The van der Waals surface area contributed by atoms with Gasteiger partial charge in [-0.15, -0.1) is 0 Å². The van der Waals surface area contributed by atoms with Crippen LogP contribution in [0.25, 0.3) is 0 Å². The third kappa shape index (κ3) is 21.5. The SMILES string of the molecule is CC(C)CCCCNC(=O)CCCCCNC(=O)CN1CCN(CC(=O)O)CCN(CC(=O)O)CCN(CC(=O)O)CC1. The Morgan fingerprint density at radius 1 is 0.535 bits per heavy atom. The second-order valence-corrected chi connectivity index (χ2v) is 11.7. The van der Waals surface area contributed by atoms with E-state index in [1.807, 2.05) is 4.90 Å². The number of carboxylic acids is 3. The summed E-state index contributed by atoms with van der Waals surface area (Å²) in [5.74, 6) is -2.43. The molecule has 0 aromatic carbocycles. The van der Waals surface area contributed by atoms with Crippen LogP contribution in [0, 0.1) is 5.92 Å². The van der Waals surface area contributed by atoms with Gasteiger partial charge >= 0.3 is 17.9 Å². The molecule has 248 valence electrons. The summed E-state index contributed by atoms with van der Waals surface area (Å²) in [4.78, 5) is 65.9. The van der Waals surface area contributed by atoms with Gasteiger partial charge in [0.2, 0.25) is 11.8 Å². The highest BCUT2D eigenvalue weighted by molar-refractivity contribution is 5.78. The number of hydrogen-bond acceptors (Lipinski definition) is 9. The lowest BCUT2D eigenvalue weighted by Crippen LogP contribution is -2.49. The Bertz CT molecular complexity index is 827. The average Bonchev–Trinajstić information content (AvgIpc) is 2.90. The van der Waals surface area contributed by atoms with Gasteiger partial charge in [0.05, 0.1) is 26.2 Å². The first-order valence-electron chi connectivity index (χ1n) is 15.5. The summed E-state index contributed by atoms with van der Waals surface area (Å²) in [5, 5.41) is 33.8. The molecule has 0 saturated carbocycles. The van der Waals surface area contributed by atoms with Crippen molar-refractivity contribution < 1.29 is 39.3 Å². The van der Waals surface area contributed by atoms with Gasteiger partial charge in [-0.25, -0.2) is 0 Å². The molecule has 2 amide bonds. The van der Waals surface area contributed by atoms with E-state index in [4.69, 9.17) is 0 Å². The van der Waals surface area contributed by atoms with Crippen LogP contribution in [0.1, 0.15) is 58.8 Å². The van der Waals surface area contributed by atoms with Gasteiger partial charge in [-0.2, -0.15) is 0 Å². The number of rotatable bonds is 19. The smallest absolute Gasteiger partial charge is 0.317 e. The van der Waals surface area contributed by atoms with E-state index in [1.54, 1.807) is 14.7 Å². The van der Waals surface area contributed by atoms with Gasteiger partial charge in [-0.3, -0.25) is 43.6 Å². The highest BCUT2D eigenvalue weighted by Gasteiger charge is 2.21. The van der Waals surface area contributed by atoms with E-state index in [0.717, 1.165) is 32.1 Å². The lowest BCUT2D eigenvalue weighted by atomic mass is 10.1. The molecule has 0 radical (unpaired) electrons. The molecule has 1 aliphatic heterocycles. The van der Waals surface area contributed by atoms with E-state index in [0.29, 0.717) is 77.8 Å². The molecule has 0 atom stereocenters. The molecular weight excluding hydrogens is 560 g/mol. The summed E-state index contributed by atoms with van der Waals surface area (Å²) in [6, 6.07) is 0. The zero-order chi connectivity index (χ0) is 32.0. The van der Waals surface area contributed by atoms with Crippen LogP contribution in [0.2, 0.25) is 0 Å². The molecule has 0 aliphatic carbocycles. The number of nitrogens with zero attached hydrogens (tertiary/aromatic N) is 4. The number of carboxylic acid groups (broad SMARTS) is 3. The maximum atomic E-state index is 12.7. The summed E-state index contributed by atoms with van der Waals surface area (Å²) in [5.41, 5.74) is 0. The molecule has 1 saturated heterocycles. The summed E-state index contributed by atoms with van der Waals surface area (Å²) < 4.78 is 0. The topological polar surface area (TPSA) is 183 Å². The van der Waals surface area contributed by atoms with Crippen molar-refractivity contribution in [1.82, 2.24) is 30.2 Å². The zero-order valence-electron chi connectivity index (χ0n) is 26.1. The normalized spacial score (nSPS) is 16.7. The number of hydrogen-bond donors (Lipinski definition) is 5. The number of amides is 2. The largest absolute Gasteiger partial charge is 0.480 e. The van der Waals surface area contributed by atoms with Crippen molar-refractivity contribution in [3.8, 4) is 0 Å². The molecule has 14 heteroatoms. The van der Waals surface area contributed by atoms with Crippen molar-refractivity contribution >= 4 is 29.7 Å². The van der Waals surface area contributed by atoms with Crippen LogP contribution in [-0.4, -0.2) is 156 Å². The van der Waals surface area contributed by atoms with Crippen molar-refractivity contribution in [2.45, 2.75) is 58.8 Å². The summed E-state index contributed by atoms with van der Waals surface area (Å²) in [6.45, 7) is 7.84. The van der Waals surface area contributed by atoms with Crippen LogP contribution in [0.4, 0.5) is 0 Å². The first-order chi connectivity index (χ1) is 20.4. The summed E-state index contributed by atoms with van der Waals surface area (Å²) in [7, 11) is 0. The summed E-state index contributed by atoms with van der Waals surface area (Å²) >= 11 is 0. The Hall–Kier alpha value is -2.81. The molecule has 1 aliphatic rings. The fourth-order valence-electron chi connectivity index (χ4n) is 4.85. The maximum absolute atomic E-state index is 12.7. The third-order valence-corrected chi connectivity index (χ3v) is 7.31. The fraction of sp³-hybridized carbons (Fsp3) is 0.828. The number of nitrogens with one attached hydrogen (secondary N) is 2. The highest BCUT2D eigenvalue weighted by Crippen LogP contribution is 2.06. The van der Waals surface area contributed by atoms with Crippen molar-refractivity contribution in [1.29, 1.82) is 0 Å². The van der Waals surface area contributed by atoms with Crippen molar-refractivity contribution in [3.05, 3.63) is 0 Å². The first kappa shape index (κ1) is 38.2. The minimum absolute atomic E-state index is 0.0624. The first-order valence-corrected chi connectivity index (χ1v) is 15.5. The Labute approximate surface area is 255 Å². The van der Waals surface area contributed by atoms with Crippen LogP contribution < -0.4 is 10.6 Å². The Kier molecular flexibility index (Phi) is 20.2. The van der Waals surface area contributed by atoms with Gasteiger partial charge in [-0.1, -0.05) is 33.1 Å². The van der Waals surface area contributed by atoms with E-state index in [-0.39, 0.29) is 38.0 Å². The van der Waals surface area contributed by atoms with Gasteiger partial charge < -0.3 is 26.0 Å². The molecule has 1 heterocycles. The molecule has 1 rings (SSSR count). The van der Waals surface area contributed by atoms with E-state index < -0.39 is 17.9 Å². The zero-order valence-corrected chi connectivity index (χ0v) is 26.1. The molecule has 43 heavy (non-hydrogen) atoms. The molecule has 1 fully saturated rings. The van der Waals surface area contributed by atoms with Gasteiger partial charge in [0.15, 0.2) is 0 Å². The average molecular weight is 615 g/mol. The van der Waals surface area contributed by atoms with Gasteiger partial charge in [-0.05, 0) is 25.2 Å². The van der Waals surface area contributed by atoms with Crippen molar-refractivity contribution in [2.24, 2.45) is 5.92 Å². The van der Waals surface area contributed by atoms with Crippen LogP contribution in [-0.2, 0) is 24.0 Å². The molecule has 0 aromatic rings. The van der Waals surface area contributed by atoms with Crippen molar-refractivity contribution in [3.63, 3.8) is 0 Å². The molecule has 5 N–H and O–H groups in total. The molecule has 14 nitrogen and oxygen atoms in total. The predicted molar refractivity (Wildman–Crippen MR) is 162 cm³/mol. The monoisotopic (exact) mass is 614 g/mol. The van der Waals surface area contributed by atoms with Gasteiger partial charge in [0, 0.05) is 71.9 Å². The van der Waals surface area contributed by atoms with Gasteiger partial charge in [0.25, 0.3) is 0 Å². The van der Waals surface area contributed by atoms with Crippen molar-refractivity contribution in [2.75, 3.05) is 91.6 Å². The second kappa shape index (κ2) is 22.7. The van der Waals surface area contributed by atoms with E-state index in [2.05, 4.69) is 24.5 Å². The highest BCUT2D eigenvalue weighted by atomic mass is 16.4. The molecule has 0 unspecified atom stereocenters. The van der Waals surface area contributed by atoms with Crippen LogP contribution in [0.15, 0.2) is 0 Å². The second-order valence-electron chi connectivity index (χ2n) is 11.7. The van der Waals surface area contributed by atoms with Crippen LogP contribution >= 0.6 is 0 Å². The van der Waals surface area contributed by atoms with E-state index in [1.165, 1.54) is 6.42 Å². The molecule has 0 aromatic heterocycles. The predicted octanol–water partition coefficient (Wildman–Crippen LogP) is 0.0809. The number of carbonyl (C=O) groups excluding carboxylic acids is 2. The molecule has 0 spiro atoms. The van der Waals surface area contributed by atoms with Crippen LogP contribution in [0.3, 0.4) is 0 Å². The fourth-order valence-corrected chi connectivity index (χ4v) is 4.85. The molecule has 0 bridgehead atoms. The third-order valence-electron chi connectivity index (χ3n) is 7.31. The number of carbonyl (C=O) groups is 5. The Morgan fingerprint density at radius 3 is 1.30 bits per heavy atom.